The van der Waals surface area contributed by atoms with Crippen LogP contribution in [0.25, 0.3) is 5.57 Å². The van der Waals surface area contributed by atoms with Gasteiger partial charge >= 0.3 is 0 Å². The number of rotatable bonds is 6. The minimum atomic E-state index is -0.669. The molecule has 0 saturated carbocycles. The van der Waals surface area contributed by atoms with Gasteiger partial charge in [-0.2, -0.15) is 0 Å². The fraction of sp³-hybridized carbons (Fsp3) is 0.429. The van der Waals surface area contributed by atoms with Crippen LogP contribution in [0.5, 0.6) is 0 Å². The first-order valence-electron chi connectivity index (χ1n) is 5.76. The maximum absolute atomic E-state index is 9.37. The van der Waals surface area contributed by atoms with Crippen molar-refractivity contribution in [3.05, 3.63) is 42.0 Å². The van der Waals surface area contributed by atoms with Gasteiger partial charge < -0.3 is 15.3 Å². The Hall–Kier alpha value is -1.16. The van der Waals surface area contributed by atoms with E-state index in [4.69, 9.17) is 10.2 Å². The molecule has 0 aliphatic rings. The van der Waals surface area contributed by atoms with Crippen LogP contribution in [0.2, 0.25) is 0 Å². The molecule has 0 fully saturated rings. The fourth-order valence-electron chi connectivity index (χ4n) is 1.76. The second-order valence-electron chi connectivity index (χ2n) is 4.36. The van der Waals surface area contributed by atoms with Crippen molar-refractivity contribution in [3.8, 4) is 0 Å². The van der Waals surface area contributed by atoms with Gasteiger partial charge in [-0.1, -0.05) is 37.8 Å². The number of aliphatic hydroxyl groups excluding tert-OH is 3. The lowest BCUT2D eigenvalue weighted by Gasteiger charge is -2.15. The van der Waals surface area contributed by atoms with Gasteiger partial charge in [-0.05, 0) is 29.0 Å². The molecule has 17 heavy (non-hydrogen) atoms. The summed E-state index contributed by atoms with van der Waals surface area (Å²) in [7, 11) is 0. The van der Waals surface area contributed by atoms with E-state index in [0.29, 0.717) is 12.0 Å². The smallest absolute Gasteiger partial charge is 0.0776 e. The summed E-state index contributed by atoms with van der Waals surface area (Å²) in [4.78, 5) is 0. The van der Waals surface area contributed by atoms with Crippen molar-refractivity contribution in [3.63, 3.8) is 0 Å². The SMILES string of the molecule is C=C(CO)c1ccc([C@@H](C)C[C@@H](O)CO)cc1. The molecule has 0 aromatic heterocycles. The third-order valence-electron chi connectivity index (χ3n) is 2.92. The molecule has 0 aliphatic carbocycles. The average Bonchev–Trinajstić information content (AvgIpc) is 2.37. The van der Waals surface area contributed by atoms with Gasteiger partial charge in [0.15, 0.2) is 0 Å². The summed E-state index contributed by atoms with van der Waals surface area (Å²) < 4.78 is 0. The molecule has 0 amide bonds. The Morgan fingerprint density at radius 2 is 1.82 bits per heavy atom. The first-order valence-corrected chi connectivity index (χ1v) is 5.76. The third kappa shape index (κ3) is 3.97. The van der Waals surface area contributed by atoms with E-state index in [1.807, 2.05) is 31.2 Å². The van der Waals surface area contributed by atoms with E-state index < -0.39 is 6.10 Å². The minimum absolute atomic E-state index is 0.0435. The number of hydrogen-bond acceptors (Lipinski definition) is 3. The maximum Gasteiger partial charge on any atom is 0.0776 e. The lowest BCUT2D eigenvalue weighted by atomic mass is 9.93. The molecule has 0 aliphatic heterocycles. The van der Waals surface area contributed by atoms with E-state index in [2.05, 4.69) is 6.58 Å². The molecule has 1 aromatic carbocycles. The Balaban J connectivity index is 2.70. The van der Waals surface area contributed by atoms with Gasteiger partial charge in [0.25, 0.3) is 0 Å². The van der Waals surface area contributed by atoms with E-state index in [0.717, 1.165) is 11.1 Å². The molecule has 0 spiro atoms. The Kier molecular flexibility index (Phi) is 5.35. The zero-order valence-corrected chi connectivity index (χ0v) is 10.1. The van der Waals surface area contributed by atoms with Crippen molar-refractivity contribution in [2.24, 2.45) is 0 Å². The molecule has 0 heterocycles. The predicted octanol–water partition coefficient (Wildman–Crippen LogP) is 1.54. The van der Waals surface area contributed by atoms with Crippen LogP contribution in [0.15, 0.2) is 30.8 Å². The summed E-state index contributed by atoms with van der Waals surface area (Å²) in [5.74, 6) is 0.189. The van der Waals surface area contributed by atoms with Crippen LogP contribution in [0.3, 0.4) is 0 Å². The summed E-state index contributed by atoms with van der Waals surface area (Å²) in [5.41, 5.74) is 2.72. The first kappa shape index (κ1) is 13.9. The van der Waals surface area contributed by atoms with Crippen LogP contribution in [-0.4, -0.2) is 34.6 Å². The Bertz CT molecular complexity index is 356. The third-order valence-corrected chi connectivity index (χ3v) is 2.92. The lowest BCUT2D eigenvalue weighted by molar-refractivity contribution is 0.0835. The maximum atomic E-state index is 9.37. The first-order chi connectivity index (χ1) is 8.08. The van der Waals surface area contributed by atoms with Crippen LogP contribution >= 0.6 is 0 Å². The lowest BCUT2D eigenvalue weighted by Crippen LogP contribution is -2.14. The molecule has 2 atom stereocenters. The Labute approximate surface area is 102 Å². The van der Waals surface area contributed by atoms with Gasteiger partial charge in [-0.3, -0.25) is 0 Å². The number of hydrogen-bond donors (Lipinski definition) is 3. The fourth-order valence-corrected chi connectivity index (χ4v) is 1.76. The van der Waals surface area contributed by atoms with E-state index in [1.54, 1.807) is 0 Å². The summed E-state index contributed by atoms with van der Waals surface area (Å²) >= 11 is 0. The van der Waals surface area contributed by atoms with Gasteiger partial charge in [0.2, 0.25) is 0 Å². The summed E-state index contributed by atoms with van der Waals surface area (Å²) in [6.45, 7) is 5.52. The molecular formula is C14H20O3. The standard InChI is InChI=1S/C14H20O3/c1-10(7-14(17)9-16)12-3-5-13(6-4-12)11(2)8-15/h3-6,10,14-17H,2,7-9H2,1H3/t10-,14+/m0/s1. The highest BCUT2D eigenvalue weighted by molar-refractivity contribution is 5.64. The van der Waals surface area contributed by atoms with E-state index in [9.17, 15) is 5.11 Å². The molecule has 1 rings (SSSR count). The highest BCUT2D eigenvalue weighted by Crippen LogP contribution is 2.22. The van der Waals surface area contributed by atoms with Crippen molar-refractivity contribution < 1.29 is 15.3 Å². The molecule has 3 heteroatoms. The van der Waals surface area contributed by atoms with Gasteiger partial charge in [-0.15, -0.1) is 0 Å². The monoisotopic (exact) mass is 236 g/mol. The second kappa shape index (κ2) is 6.55. The van der Waals surface area contributed by atoms with Crippen molar-refractivity contribution in [2.75, 3.05) is 13.2 Å². The van der Waals surface area contributed by atoms with E-state index in [1.165, 1.54) is 0 Å². The zero-order valence-electron chi connectivity index (χ0n) is 10.1. The van der Waals surface area contributed by atoms with Crippen molar-refractivity contribution in [1.82, 2.24) is 0 Å². The molecule has 3 N–H and O–H groups in total. The number of aliphatic hydroxyl groups is 3. The molecule has 0 radical (unpaired) electrons. The Morgan fingerprint density at radius 3 is 2.29 bits per heavy atom. The minimum Gasteiger partial charge on any atom is -0.394 e. The zero-order chi connectivity index (χ0) is 12.8. The van der Waals surface area contributed by atoms with Gasteiger partial charge in [0, 0.05) is 0 Å². The summed E-state index contributed by atoms with van der Waals surface area (Å²) in [6.07, 6.45) is -0.131. The highest BCUT2D eigenvalue weighted by Gasteiger charge is 2.11. The molecule has 0 unspecified atom stereocenters. The van der Waals surface area contributed by atoms with Crippen LogP contribution in [0.4, 0.5) is 0 Å². The van der Waals surface area contributed by atoms with E-state index in [-0.39, 0.29) is 19.1 Å². The van der Waals surface area contributed by atoms with Gasteiger partial charge in [-0.25, -0.2) is 0 Å². The van der Waals surface area contributed by atoms with Crippen LogP contribution in [-0.2, 0) is 0 Å². The predicted molar refractivity (Wildman–Crippen MR) is 68.7 cm³/mol. The van der Waals surface area contributed by atoms with Crippen LogP contribution in [0.1, 0.15) is 30.4 Å². The quantitative estimate of drug-likeness (QED) is 0.702. The van der Waals surface area contributed by atoms with E-state index >= 15 is 0 Å². The molecular weight excluding hydrogens is 216 g/mol. The molecule has 1 aromatic rings. The largest absolute Gasteiger partial charge is 0.394 e. The second-order valence-corrected chi connectivity index (χ2v) is 4.36. The Morgan fingerprint density at radius 1 is 1.24 bits per heavy atom. The average molecular weight is 236 g/mol. The number of benzene rings is 1. The van der Waals surface area contributed by atoms with Crippen molar-refractivity contribution in [1.29, 1.82) is 0 Å². The van der Waals surface area contributed by atoms with Crippen LogP contribution in [0, 0.1) is 0 Å². The highest BCUT2D eigenvalue weighted by atomic mass is 16.3. The van der Waals surface area contributed by atoms with Crippen molar-refractivity contribution >= 4 is 5.57 Å². The van der Waals surface area contributed by atoms with Gasteiger partial charge in [0.1, 0.15) is 0 Å². The topological polar surface area (TPSA) is 60.7 Å². The van der Waals surface area contributed by atoms with Crippen molar-refractivity contribution in [2.45, 2.75) is 25.4 Å². The summed E-state index contributed by atoms with van der Waals surface area (Å²) in [6, 6.07) is 7.75. The normalized spacial score (nSPS) is 14.4. The molecule has 0 saturated heterocycles. The van der Waals surface area contributed by atoms with Gasteiger partial charge in [0.05, 0.1) is 19.3 Å². The van der Waals surface area contributed by atoms with Crippen LogP contribution < -0.4 is 0 Å². The molecule has 0 bridgehead atoms. The molecule has 3 nitrogen and oxygen atoms in total. The molecule has 94 valence electrons. The summed E-state index contributed by atoms with van der Waals surface area (Å²) in [5, 5.41) is 27.1.